The Morgan fingerprint density at radius 2 is 2.00 bits per heavy atom. The molecule has 2 amide bonds. The summed E-state index contributed by atoms with van der Waals surface area (Å²) in [5.41, 5.74) is 8.25. The fourth-order valence-corrected chi connectivity index (χ4v) is 4.74. The second kappa shape index (κ2) is 8.15. The highest BCUT2D eigenvalue weighted by molar-refractivity contribution is 5.91. The molecule has 2 heterocycles. The molecule has 2 N–H and O–H groups in total. The van der Waals surface area contributed by atoms with Gasteiger partial charge in [0.25, 0.3) is 5.91 Å². The Bertz CT molecular complexity index is 1020. The first-order valence-corrected chi connectivity index (χ1v) is 11.0. The fraction of sp³-hybridized carbons (Fsp3) is 0.375. The molecule has 7 nitrogen and oxygen atoms in total. The Morgan fingerprint density at radius 3 is 2.81 bits per heavy atom. The van der Waals surface area contributed by atoms with Crippen molar-refractivity contribution >= 4 is 18.2 Å². The molecular formula is C24H27N5O2. The minimum atomic E-state index is -0.353. The van der Waals surface area contributed by atoms with E-state index in [1.165, 1.54) is 21.7 Å². The first kappa shape index (κ1) is 19.8. The molecule has 7 heteroatoms. The van der Waals surface area contributed by atoms with Gasteiger partial charge in [0.15, 0.2) is 0 Å². The van der Waals surface area contributed by atoms with Crippen molar-refractivity contribution in [2.24, 2.45) is 5.10 Å². The number of hydrazone groups is 1. The number of fused-ring (bicyclic) bond motifs is 2. The number of rotatable bonds is 5. The largest absolute Gasteiger partial charge is 0.348 e. The van der Waals surface area contributed by atoms with Gasteiger partial charge in [0.1, 0.15) is 18.9 Å². The summed E-state index contributed by atoms with van der Waals surface area (Å²) in [6.45, 7) is 2.07. The summed E-state index contributed by atoms with van der Waals surface area (Å²) in [6, 6.07) is 16.4. The lowest BCUT2D eigenvalue weighted by Gasteiger charge is -2.30. The lowest BCUT2D eigenvalue weighted by molar-refractivity contribution is -0.140. The summed E-state index contributed by atoms with van der Waals surface area (Å²) in [7, 11) is 0. The third kappa shape index (κ3) is 3.81. The molecule has 0 radical (unpaired) electrons. The predicted molar refractivity (Wildman–Crippen MR) is 118 cm³/mol. The zero-order valence-electron chi connectivity index (χ0n) is 17.6. The van der Waals surface area contributed by atoms with Gasteiger partial charge in [-0.2, -0.15) is 5.10 Å². The van der Waals surface area contributed by atoms with E-state index >= 15 is 0 Å². The van der Waals surface area contributed by atoms with Gasteiger partial charge in [0.2, 0.25) is 5.91 Å². The van der Waals surface area contributed by atoms with E-state index in [0.29, 0.717) is 6.42 Å². The second-order valence-electron chi connectivity index (χ2n) is 8.42. The van der Waals surface area contributed by atoms with Gasteiger partial charge in [-0.25, -0.2) is 10.4 Å². The van der Waals surface area contributed by atoms with Gasteiger partial charge < -0.3 is 5.32 Å². The van der Waals surface area contributed by atoms with Crippen LogP contribution < -0.4 is 10.7 Å². The van der Waals surface area contributed by atoms with Crippen LogP contribution >= 0.6 is 0 Å². The van der Waals surface area contributed by atoms with Gasteiger partial charge in [-0.15, -0.1) is 0 Å². The number of aryl methyl sites for hydroxylation is 2. The van der Waals surface area contributed by atoms with Crippen LogP contribution in [-0.4, -0.2) is 40.8 Å². The number of carbonyl (C=O) groups is 2. The van der Waals surface area contributed by atoms with E-state index in [4.69, 9.17) is 0 Å². The van der Waals surface area contributed by atoms with Gasteiger partial charge >= 0.3 is 0 Å². The van der Waals surface area contributed by atoms with E-state index in [1.807, 2.05) is 12.1 Å². The quantitative estimate of drug-likeness (QED) is 0.784. The first-order valence-electron chi connectivity index (χ1n) is 11.0. The molecule has 0 spiro atoms. The van der Waals surface area contributed by atoms with E-state index in [-0.39, 0.29) is 36.5 Å². The molecule has 160 valence electrons. The van der Waals surface area contributed by atoms with Crippen molar-refractivity contribution in [3.05, 3.63) is 70.8 Å². The Kier molecular flexibility index (Phi) is 5.19. The van der Waals surface area contributed by atoms with Gasteiger partial charge in [-0.1, -0.05) is 55.5 Å². The average molecular weight is 418 g/mol. The van der Waals surface area contributed by atoms with Crippen LogP contribution in [0.5, 0.6) is 0 Å². The average Bonchev–Trinajstić information content (AvgIpc) is 3.41. The van der Waals surface area contributed by atoms with E-state index in [1.54, 1.807) is 11.3 Å². The Balaban J connectivity index is 1.21. The number of nitrogens with one attached hydrogen (secondary N) is 2. The van der Waals surface area contributed by atoms with Crippen LogP contribution in [0.4, 0.5) is 0 Å². The molecule has 5 rings (SSSR count). The zero-order chi connectivity index (χ0) is 21.4. The molecule has 2 aromatic carbocycles. The highest BCUT2D eigenvalue weighted by atomic mass is 16.2. The van der Waals surface area contributed by atoms with Crippen LogP contribution in [-0.2, 0) is 22.4 Å². The molecule has 2 aromatic rings. The summed E-state index contributed by atoms with van der Waals surface area (Å²) in [4.78, 5) is 25.7. The maximum Gasteiger partial charge on any atom is 0.267 e. The van der Waals surface area contributed by atoms with Crippen molar-refractivity contribution in [2.75, 3.05) is 6.54 Å². The van der Waals surface area contributed by atoms with Crippen LogP contribution in [0, 0.1) is 0 Å². The number of amides is 2. The monoisotopic (exact) mass is 417 g/mol. The second-order valence-corrected chi connectivity index (χ2v) is 8.42. The summed E-state index contributed by atoms with van der Waals surface area (Å²) >= 11 is 0. The van der Waals surface area contributed by atoms with Gasteiger partial charge in [-0.3, -0.25) is 14.6 Å². The number of hydrogen-bond acceptors (Lipinski definition) is 5. The third-order valence-corrected chi connectivity index (χ3v) is 6.51. The first-order chi connectivity index (χ1) is 15.1. The molecule has 2 aliphatic heterocycles. The Labute approximate surface area is 182 Å². The lowest BCUT2D eigenvalue weighted by atomic mass is 9.99. The normalized spacial score (nSPS) is 24.3. The van der Waals surface area contributed by atoms with Crippen LogP contribution in [0.15, 0.2) is 53.6 Å². The predicted octanol–water partition coefficient (Wildman–Crippen LogP) is 2.46. The number of hydrogen-bond donors (Lipinski definition) is 2. The van der Waals surface area contributed by atoms with Crippen molar-refractivity contribution in [2.45, 2.75) is 50.7 Å². The minimum Gasteiger partial charge on any atom is -0.348 e. The smallest absolute Gasteiger partial charge is 0.267 e. The standard InChI is InChI=1S/C24H27N5O2/c1-2-16-7-9-18(10-8-16)21-13-22-24(31)28(25-15-29(22)27-21)14-23(30)26-20-12-11-17-5-3-4-6-19(17)20/h3-10,15,20-22,27H,2,11-14H2,1H3,(H,26,30). The number of benzene rings is 2. The maximum atomic E-state index is 13.0. The molecule has 0 aromatic heterocycles. The number of carbonyl (C=O) groups excluding carboxylic acids is 2. The van der Waals surface area contributed by atoms with Crippen LogP contribution in [0.1, 0.15) is 54.1 Å². The number of nitrogens with zero attached hydrogens (tertiary/aromatic N) is 3. The van der Waals surface area contributed by atoms with E-state index in [2.05, 4.69) is 59.2 Å². The maximum absolute atomic E-state index is 13.0. The van der Waals surface area contributed by atoms with Crippen molar-refractivity contribution in [1.29, 1.82) is 0 Å². The van der Waals surface area contributed by atoms with Crippen molar-refractivity contribution < 1.29 is 9.59 Å². The molecule has 31 heavy (non-hydrogen) atoms. The highest BCUT2D eigenvalue weighted by Gasteiger charge is 2.41. The van der Waals surface area contributed by atoms with Crippen molar-refractivity contribution in [3.63, 3.8) is 0 Å². The third-order valence-electron chi connectivity index (χ3n) is 6.51. The van der Waals surface area contributed by atoms with Crippen LogP contribution in [0.3, 0.4) is 0 Å². The molecule has 3 atom stereocenters. The van der Waals surface area contributed by atoms with Crippen molar-refractivity contribution in [3.8, 4) is 0 Å². The van der Waals surface area contributed by atoms with Crippen LogP contribution in [0.25, 0.3) is 0 Å². The topological polar surface area (TPSA) is 77.0 Å². The lowest BCUT2D eigenvalue weighted by Crippen LogP contribution is -2.52. The van der Waals surface area contributed by atoms with E-state index < -0.39 is 0 Å². The Hall–Kier alpha value is -3.19. The van der Waals surface area contributed by atoms with Gasteiger partial charge in [0.05, 0.1) is 12.1 Å². The van der Waals surface area contributed by atoms with Gasteiger partial charge in [-0.05, 0) is 47.9 Å². The molecule has 0 saturated carbocycles. The van der Waals surface area contributed by atoms with Crippen molar-refractivity contribution in [1.82, 2.24) is 20.8 Å². The highest BCUT2D eigenvalue weighted by Crippen LogP contribution is 2.31. The summed E-state index contributed by atoms with van der Waals surface area (Å²) in [5, 5.41) is 10.4. The fourth-order valence-electron chi connectivity index (χ4n) is 4.74. The summed E-state index contributed by atoms with van der Waals surface area (Å²) in [5.74, 6) is -0.331. The van der Waals surface area contributed by atoms with E-state index in [9.17, 15) is 9.59 Å². The molecule has 3 unspecified atom stereocenters. The van der Waals surface area contributed by atoms with E-state index in [0.717, 1.165) is 24.8 Å². The molecule has 0 bridgehead atoms. The molecule has 3 aliphatic rings. The SMILES string of the molecule is CCc1ccc(C2CC3C(=O)N(CC(=O)NC4CCc5ccccc54)N=CN3N2)cc1. The minimum absolute atomic E-state index is 0.00712. The summed E-state index contributed by atoms with van der Waals surface area (Å²) < 4.78 is 0. The number of hydrazine groups is 1. The van der Waals surface area contributed by atoms with Crippen LogP contribution in [0.2, 0.25) is 0 Å². The van der Waals surface area contributed by atoms with Gasteiger partial charge in [0, 0.05) is 0 Å². The Morgan fingerprint density at radius 1 is 1.19 bits per heavy atom. The zero-order valence-corrected chi connectivity index (χ0v) is 17.6. The summed E-state index contributed by atoms with van der Waals surface area (Å²) in [6.07, 6.45) is 5.11. The molecule has 1 fully saturated rings. The molecule has 1 aliphatic carbocycles. The molecule has 1 saturated heterocycles. The molecular weight excluding hydrogens is 390 g/mol.